The van der Waals surface area contributed by atoms with Gasteiger partial charge >= 0.3 is 0 Å². The lowest BCUT2D eigenvalue weighted by Gasteiger charge is -2.23. The van der Waals surface area contributed by atoms with E-state index in [1.807, 2.05) is 18.2 Å². The van der Waals surface area contributed by atoms with E-state index in [0.29, 0.717) is 19.8 Å². The van der Waals surface area contributed by atoms with Crippen LogP contribution < -0.4 is 10.8 Å². The van der Waals surface area contributed by atoms with Gasteiger partial charge in [-0.1, -0.05) is 12.1 Å². The Morgan fingerprint density at radius 2 is 2.17 bits per heavy atom. The van der Waals surface area contributed by atoms with Gasteiger partial charge < -0.3 is 10.1 Å². The van der Waals surface area contributed by atoms with Crippen LogP contribution in [0, 0.1) is 5.82 Å². The molecule has 2 N–H and O–H groups in total. The molecule has 1 amide bonds. The number of carbonyl (C=O) groups excluding carboxylic acids is 1. The fourth-order valence-corrected chi connectivity index (χ4v) is 2.93. The van der Waals surface area contributed by atoms with Crippen LogP contribution in [0.15, 0.2) is 24.3 Å². The average molecular weight is 320 g/mol. The molecule has 2 aliphatic rings. The monoisotopic (exact) mass is 320 g/mol. The van der Waals surface area contributed by atoms with Crippen molar-refractivity contribution in [1.29, 1.82) is 0 Å². The first-order valence-corrected chi connectivity index (χ1v) is 7.89. The molecule has 0 aromatic heterocycles. The molecular formula is C17H21FN2O3. The standard InChI is InChI=1S/C17H21FN2O3/c1-11(21)19-10-14-9-17(20-23-14)13-2-3-15(16(18)8-13)12-4-6-22-7-5-12/h2-3,8-9,12,14,20H,4-7,10H2,1H3,(H,19,21). The Balaban J connectivity index is 1.70. The summed E-state index contributed by atoms with van der Waals surface area (Å²) in [6, 6.07) is 5.29. The molecule has 6 heteroatoms. The summed E-state index contributed by atoms with van der Waals surface area (Å²) in [6.45, 7) is 3.22. The van der Waals surface area contributed by atoms with Gasteiger partial charge in [0.05, 0.1) is 12.2 Å². The lowest BCUT2D eigenvalue weighted by atomic mass is 9.90. The summed E-state index contributed by atoms with van der Waals surface area (Å²) in [5, 5.41) is 2.69. The first-order valence-electron chi connectivity index (χ1n) is 7.89. The minimum Gasteiger partial charge on any atom is -0.381 e. The summed E-state index contributed by atoms with van der Waals surface area (Å²) >= 11 is 0. The van der Waals surface area contributed by atoms with Gasteiger partial charge in [0, 0.05) is 25.7 Å². The SMILES string of the molecule is CC(=O)NCC1C=C(c2ccc(C3CCOCC3)c(F)c2)NO1. The van der Waals surface area contributed by atoms with Gasteiger partial charge in [-0.15, -0.1) is 0 Å². The van der Waals surface area contributed by atoms with E-state index in [1.165, 1.54) is 13.0 Å². The number of rotatable bonds is 4. The van der Waals surface area contributed by atoms with E-state index in [1.54, 1.807) is 0 Å². The molecule has 124 valence electrons. The molecule has 0 saturated carbocycles. The molecule has 1 fully saturated rings. The summed E-state index contributed by atoms with van der Waals surface area (Å²) in [5.74, 6) is -0.0724. The van der Waals surface area contributed by atoms with Crippen LogP contribution in [0.25, 0.3) is 5.70 Å². The lowest BCUT2D eigenvalue weighted by Crippen LogP contribution is -2.30. The predicted molar refractivity (Wildman–Crippen MR) is 83.9 cm³/mol. The number of hydrogen-bond acceptors (Lipinski definition) is 4. The molecular weight excluding hydrogens is 299 g/mol. The van der Waals surface area contributed by atoms with E-state index in [2.05, 4.69) is 10.8 Å². The Morgan fingerprint density at radius 1 is 1.39 bits per heavy atom. The Morgan fingerprint density at radius 3 is 2.87 bits per heavy atom. The van der Waals surface area contributed by atoms with Crippen molar-refractivity contribution in [2.75, 3.05) is 19.8 Å². The molecule has 1 aromatic carbocycles. The number of hydroxylamine groups is 1. The number of halogens is 1. The van der Waals surface area contributed by atoms with Gasteiger partial charge in [0.25, 0.3) is 0 Å². The van der Waals surface area contributed by atoms with E-state index in [-0.39, 0.29) is 23.7 Å². The highest BCUT2D eigenvalue weighted by Gasteiger charge is 2.22. The molecule has 3 rings (SSSR count). The zero-order chi connectivity index (χ0) is 16.2. The quantitative estimate of drug-likeness (QED) is 0.892. The molecule has 0 aliphatic carbocycles. The van der Waals surface area contributed by atoms with Crippen molar-refractivity contribution >= 4 is 11.6 Å². The van der Waals surface area contributed by atoms with E-state index in [9.17, 15) is 9.18 Å². The summed E-state index contributed by atoms with van der Waals surface area (Å²) in [5.41, 5.74) is 5.01. The normalized spacial score (nSPS) is 21.7. The second-order valence-electron chi connectivity index (χ2n) is 5.90. The minimum atomic E-state index is -0.257. The lowest BCUT2D eigenvalue weighted by molar-refractivity contribution is -0.119. The van der Waals surface area contributed by atoms with Gasteiger partial charge in [-0.25, -0.2) is 4.39 Å². The van der Waals surface area contributed by atoms with Crippen molar-refractivity contribution in [1.82, 2.24) is 10.8 Å². The number of carbonyl (C=O) groups is 1. The molecule has 0 bridgehead atoms. The molecule has 2 heterocycles. The topological polar surface area (TPSA) is 59.6 Å². The number of hydrogen-bond donors (Lipinski definition) is 2. The second kappa shape index (κ2) is 7.10. The molecule has 2 aliphatic heterocycles. The Hall–Kier alpha value is -1.92. The van der Waals surface area contributed by atoms with Crippen LogP contribution in [0.4, 0.5) is 4.39 Å². The Labute approximate surface area is 134 Å². The van der Waals surface area contributed by atoms with Crippen LogP contribution >= 0.6 is 0 Å². The van der Waals surface area contributed by atoms with Crippen molar-refractivity contribution in [3.8, 4) is 0 Å². The maximum absolute atomic E-state index is 14.4. The molecule has 23 heavy (non-hydrogen) atoms. The van der Waals surface area contributed by atoms with Crippen LogP contribution in [0.5, 0.6) is 0 Å². The highest BCUT2D eigenvalue weighted by Crippen LogP contribution is 2.30. The third kappa shape index (κ3) is 3.89. The first kappa shape index (κ1) is 16.0. The van der Waals surface area contributed by atoms with Crippen LogP contribution in [0.2, 0.25) is 0 Å². The fraction of sp³-hybridized carbons (Fsp3) is 0.471. The molecule has 1 atom stereocenters. The molecule has 1 aromatic rings. The predicted octanol–water partition coefficient (Wildman–Crippen LogP) is 2.10. The van der Waals surface area contributed by atoms with Gasteiger partial charge in [-0.2, -0.15) is 0 Å². The average Bonchev–Trinajstić information content (AvgIpc) is 3.02. The van der Waals surface area contributed by atoms with Crippen LogP contribution in [-0.2, 0) is 14.4 Å². The molecule has 1 unspecified atom stereocenters. The molecule has 1 saturated heterocycles. The zero-order valence-corrected chi connectivity index (χ0v) is 13.1. The molecule has 0 radical (unpaired) electrons. The van der Waals surface area contributed by atoms with E-state index in [0.717, 1.165) is 29.7 Å². The summed E-state index contributed by atoms with van der Waals surface area (Å²) in [7, 11) is 0. The van der Waals surface area contributed by atoms with Crippen molar-refractivity contribution in [3.63, 3.8) is 0 Å². The third-order valence-electron chi connectivity index (χ3n) is 4.20. The number of amides is 1. The number of nitrogens with one attached hydrogen (secondary N) is 2. The van der Waals surface area contributed by atoms with Gasteiger partial charge in [0.2, 0.25) is 5.91 Å². The third-order valence-corrected chi connectivity index (χ3v) is 4.20. The van der Waals surface area contributed by atoms with Crippen molar-refractivity contribution < 1.29 is 18.8 Å². The number of ether oxygens (including phenoxy) is 1. The minimum absolute atomic E-state index is 0.109. The van der Waals surface area contributed by atoms with Crippen LogP contribution in [-0.4, -0.2) is 31.8 Å². The highest BCUT2D eigenvalue weighted by atomic mass is 19.1. The molecule has 0 spiro atoms. The van der Waals surface area contributed by atoms with Crippen molar-refractivity contribution in [2.45, 2.75) is 31.8 Å². The Bertz CT molecular complexity index is 612. The highest BCUT2D eigenvalue weighted by molar-refractivity contribution is 5.73. The van der Waals surface area contributed by atoms with Crippen LogP contribution in [0.1, 0.15) is 36.8 Å². The molecule has 5 nitrogen and oxygen atoms in total. The maximum atomic E-state index is 14.4. The number of benzene rings is 1. The van der Waals surface area contributed by atoms with Crippen LogP contribution in [0.3, 0.4) is 0 Å². The van der Waals surface area contributed by atoms with Crippen molar-refractivity contribution in [3.05, 3.63) is 41.2 Å². The van der Waals surface area contributed by atoms with Gasteiger partial charge in [-0.05, 0) is 36.5 Å². The van der Waals surface area contributed by atoms with Gasteiger partial charge in [0.15, 0.2) is 0 Å². The summed E-state index contributed by atoms with van der Waals surface area (Å²) in [6.07, 6.45) is 3.31. The second-order valence-corrected chi connectivity index (χ2v) is 5.90. The summed E-state index contributed by atoms with van der Waals surface area (Å²) < 4.78 is 19.8. The first-order chi connectivity index (χ1) is 11.1. The summed E-state index contributed by atoms with van der Waals surface area (Å²) in [4.78, 5) is 16.3. The largest absolute Gasteiger partial charge is 0.381 e. The smallest absolute Gasteiger partial charge is 0.216 e. The Kier molecular flexibility index (Phi) is 4.93. The van der Waals surface area contributed by atoms with Crippen molar-refractivity contribution in [2.24, 2.45) is 0 Å². The fourth-order valence-electron chi connectivity index (χ4n) is 2.93. The van der Waals surface area contributed by atoms with E-state index in [4.69, 9.17) is 9.57 Å². The van der Waals surface area contributed by atoms with Gasteiger partial charge in [0.1, 0.15) is 11.9 Å². The zero-order valence-electron chi connectivity index (χ0n) is 13.1. The van der Waals surface area contributed by atoms with E-state index < -0.39 is 0 Å². The van der Waals surface area contributed by atoms with Gasteiger partial charge in [-0.3, -0.25) is 15.1 Å². The van der Waals surface area contributed by atoms with E-state index >= 15 is 0 Å². The maximum Gasteiger partial charge on any atom is 0.216 e.